The molecule has 2 N–H and O–H groups in total. The van der Waals surface area contributed by atoms with Gasteiger partial charge < -0.3 is 10.3 Å². The highest BCUT2D eigenvalue weighted by Crippen LogP contribution is 2.20. The van der Waals surface area contributed by atoms with Crippen molar-refractivity contribution in [2.45, 2.75) is 26.3 Å². The molecule has 22 heavy (non-hydrogen) atoms. The summed E-state index contributed by atoms with van der Waals surface area (Å²) in [6, 6.07) is 14.3. The van der Waals surface area contributed by atoms with Gasteiger partial charge in [0.1, 0.15) is 5.82 Å². The molecule has 0 saturated carbocycles. The van der Waals surface area contributed by atoms with Gasteiger partial charge in [-0.2, -0.15) is 0 Å². The van der Waals surface area contributed by atoms with E-state index < -0.39 is 0 Å². The molecule has 0 saturated heterocycles. The first-order chi connectivity index (χ1) is 10.7. The van der Waals surface area contributed by atoms with Gasteiger partial charge in [-0.3, -0.25) is 0 Å². The largest absolute Gasteiger partial charge is 0.399 e. The minimum Gasteiger partial charge on any atom is -0.399 e. The van der Waals surface area contributed by atoms with Crippen LogP contribution in [-0.4, -0.2) is 9.55 Å². The molecular weight excluding hydrogens is 270 g/mol. The van der Waals surface area contributed by atoms with Crippen molar-refractivity contribution in [1.29, 1.82) is 0 Å². The lowest BCUT2D eigenvalue weighted by atomic mass is 10.1. The highest BCUT2D eigenvalue weighted by Gasteiger charge is 2.11. The zero-order valence-electron chi connectivity index (χ0n) is 12.7. The Hall–Kier alpha value is -2.73. The summed E-state index contributed by atoms with van der Waals surface area (Å²) in [6.45, 7) is 2.68. The van der Waals surface area contributed by atoms with Crippen molar-refractivity contribution in [1.82, 2.24) is 9.55 Å². The molecule has 0 amide bonds. The number of terminal acetylenes is 1. The van der Waals surface area contributed by atoms with Crippen LogP contribution in [0.5, 0.6) is 0 Å². The van der Waals surface area contributed by atoms with Gasteiger partial charge in [-0.15, -0.1) is 6.42 Å². The molecule has 2 aromatic carbocycles. The van der Waals surface area contributed by atoms with E-state index in [0.717, 1.165) is 35.4 Å². The van der Waals surface area contributed by atoms with Crippen molar-refractivity contribution in [3.63, 3.8) is 0 Å². The summed E-state index contributed by atoms with van der Waals surface area (Å²) in [6.07, 6.45) is 7.29. The van der Waals surface area contributed by atoms with E-state index in [-0.39, 0.29) is 0 Å². The number of nitrogens with two attached hydrogens (primary N) is 1. The van der Waals surface area contributed by atoms with Crippen LogP contribution in [0.4, 0.5) is 5.69 Å². The number of nitrogen functional groups attached to an aromatic ring is 1. The van der Waals surface area contributed by atoms with Crippen molar-refractivity contribution in [3.8, 4) is 12.3 Å². The summed E-state index contributed by atoms with van der Waals surface area (Å²) in [4.78, 5) is 4.79. The summed E-state index contributed by atoms with van der Waals surface area (Å²) >= 11 is 0. The fraction of sp³-hybridized carbons (Fsp3) is 0.211. The first kappa shape index (κ1) is 14.2. The molecule has 0 atom stereocenters. The number of aromatic nitrogens is 2. The summed E-state index contributed by atoms with van der Waals surface area (Å²) in [5, 5.41) is 0. The van der Waals surface area contributed by atoms with Crippen molar-refractivity contribution < 1.29 is 0 Å². The lowest BCUT2D eigenvalue weighted by Gasteiger charge is -2.06. The lowest BCUT2D eigenvalue weighted by Crippen LogP contribution is -2.03. The van der Waals surface area contributed by atoms with Crippen molar-refractivity contribution >= 4 is 16.7 Å². The summed E-state index contributed by atoms with van der Waals surface area (Å²) in [5.74, 6) is 3.72. The third kappa shape index (κ3) is 2.68. The standard InChI is InChI=1S/C19H19N3/c1-3-11-22-18-10-7-14(4-2)12-17(18)21-19(22)13-15-5-8-16(20)9-6-15/h1,5-10,12H,4,11,13,20H2,2H3. The van der Waals surface area contributed by atoms with Gasteiger partial charge in [0.15, 0.2) is 0 Å². The molecule has 1 heterocycles. The predicted octanol–water partition coefficient (Wildman–Crippen LogP) is 3.40. The van der Waals surface area contributed by atoms with E-state index in [1.165, 1.54) is 11.1 Å². The normalized spacial score (nSPS) is 10.7. The molecule has 0 unspecified atom stereocenters. The van der Waals surface area contributed by atoms with Crippen LogP contribution in [0.3, 0.4) is 0 Å². The van der Waals surface area contributed by atoms with E-state index >= 15 is 0 Å². The summed E-state index contributed by atoms with van der Waals surface area (Å²) in [7, 11) is 0. The van der Waals surface area contributed by atoms with Gasteiger partial charge >= 0.3 is 0 Å². The van der Waals surface area contributed by atoms with Crippen molar-refractivity contribution in [2.75, 3.05) is 5.73 Å². The minimum atomic E-state index is 0.534. The first-order valence-electron chi connectivity index (χ1n) is 7.47. The van der Waals surface area contributed by atoms with E-state index in [4.69, 9.17) is 17.1 Å². The molecule has 0 radical (unpaired) electrons. The molecule has 0 fully saturated rings. The van der Waals surface area contributed by atoms with Gasteiger partial charge in [0.05, 0.1) is 17.6 Å². The van der Waals surface area contributed by atoms with Crippen LogP contribution in [0, 0.1) is 12.3 Å². The number of rotatable bonds is 4. The molecule has 110 valence electrons. The monoisotopic (exact) mass is 289 g/mol. The number of hydrogen-bond donors (Lipinski definition) is 1. The molecule has 3 aromatic rings. The molecule has 0 spiro atoms. The van der Waals surface area contributed by atoms with Gasteiger partial charge in [-0.25, -0.2) is 4.98 Å². The van der Waals surface area contributed by atoms with E-state index in [1.807, 2.05) is 24.3 Å². The van der Waals surface area contributed by atoms with Crippen LogP contribution in [0.2, 0.25) is 0 Å². The number of anilines is 1. The SMILES string of the molecule is C#CCn1c(Cc2ccc(N)cc2)nc2cc(CC)ccc21. The van der Waals surface area contributed by atoms with Crippen LogP contribution in [0.1, 0.15) is 23.9 Å². The zero-order valence-corrected chi connectivity index (χ0v) is 12.7. The first-order valence-corrected chi connectivity index (χ1v) is 7.47. The van der Waals surface area contributed by atoms with Crippen LogP contribution >= 0.6 is 0 Å². The van der Waals surface area contributed by atoms with Gasteiger partial charge in [-0.1, -0.05) is 31.0 Å². The van der Waals surface area contributed by atoms with E-state index in [0.29, 0.717) is 6.54 Å². The maximum absolute atomic E-state index is 5.74. The van der Waals surface area contributed by atoms with Gasteiger partial charge in [-0.05, 0) is 41.8 Å². The number of nitrogens with zero attached hydrogens (tertiary/aromatic N) is 2. The second kappa shape index (κ2) is 5.95. The molecular formula is C19H19N3. The maximum atomic E-state index is 5.74. The number of benzene rings is 2. The Bertz CT molecular complexity index is 835. The van der Waals surface area contributed by atoms with E-state index in [1.54, 1.807) is 0 Å². The fourth-order valence-electron chi connectivity index (χ4n) is 2.67. The molecule has 0 aliphatic heterocycles. The molecule has 3 nitrogen and oxygen atoms in total. The lowest BCUT2D eigenvalue weighted by molar-refractivity contribution is 0.794. The van der Waals surface area contributed by atoms with Gasteiger partial charge in [0.25, 0.3) is 0 Å². The van der Waals surface area contributed by atoms with Crippen LogP contribution < -0.4 is 5.73 Å². The number of hydrogen-bond acceptors (Lipinski definition) is 2. The second-order valence-electron chi connectivity index (χ2n) is 5.41. The average Bonchev–Trinajstić information content (AvgIpc) is 2.87. The quantitative estimate of drug-likeness (QED) is 0.591. The highest BCUT2D eigenvalue weighted by atomic mass is 15.1. The maximum Gasteiger partial charge on any atom is 0.115 e. The summed E-state index contributed by atoms with van der Waals surface area (Å²) < 4.78 is 2.12. The molecule has 0 bridgehead atoms. The topological polar surface area (TPSA) is 43.8 Å². The molecule has 3 heteroatoms. The van der Waals surface area contributed by atoms with Crippen LogP contribution in [0.15, 0.2) is 42.5 Å². The zero-order chi connectivity index (χ0) is 15.5. The van der Waals surface area contributed by atoms with Crippen LogP contribution in [-0.2, 0) is 19.4 Å². The number of fused-ring (bicyclic) bond motifs is 1. The Morgan fingerprint density at radius 3 is 2.55 bits per heavy atom. The fourth-order valence-corrected chi connectivity index (χ4v) is 2.67. The van der Waals surface area contributed by atoms with Gasteiger partial charge in [0.2, 0.25) is 0 Å². The molecule has 3 rings (SSSR count). The molecule has 0 aliphatic carbocycles. The van der Waals surface area contributed by atoms with Crippen LogP contribution in [0.25, 0.3) is 11.0 Å². The predicted molar refractivity (Wildman–Crippen MR) is 91.6 cm³/mol. The number of imidazole rings is 1. The van der Waals surface area contributed by atoms with E-state index in [2.05, 4.69) is 35.6 Å². The Morgan fingerprint density at radius 1 is 1.14 bits per heavy atom. The Morgan fingerprint density at radius 2 is 1.86 bits per heavy atom. The Balaban J connectivity index is 2.05. The highest BCUT2D eigenvalue weighted by molar-refractivity contribution is 5.77. The Labute approximate surface area is 130 Å². The molecule has 1 aromatic heterocycles. The number of aryl methyl sites for hydroxylation is 1. The van der Waals surface area contributed by atoms with E-state index in [9.17, 15) is 0 Å². The minimum absolute atomic E-state index is 0.534. The third-order valence-corrected chi connectivity index (χ3v) is 3.89. The van der Waals surface area contributed by atoms with Crippen molar-refractivity contribution in [2.24, 2.45) is 0 Å². The van der Waals surface area contributed by atoms with Crippen molar-refractivity contribution in [3.05, 3.63) is 59.4 Å². The Kier molecular flexibility index (Phi) is 3.84. The second-order valence-corrected chi connectivity index (χ2v) is 5.41. The smallest absolute Gasteiger partial charge is 0.115 e. The molecule has 0 aliphatic rings. The average molecular weight is 289 g/mol. The van der Waals surface area contributed by atoms with Gasteiger partial charge in [0, 0.05) is 12.1 Å². The summed E-state index contributed by atoms with van der Waals surface area (Å²) in [5.41, 5.74) is 11.1. The third-order valence-electron chi connectivity index (χ3n) is 3.89.